The van der Waals surface area contributed by atoms with E-state index in [9.17, 15) is 8.42 Å². The third-order valence-corrected chi connectivity index (χ3v) is 4.89. The largest absolute Gasteiger partial charge is 0.396 e. The van der Waals surface area contributed by atoms with Gasteiger partial charge in [-0.05, 0) is 38.0 Å². The summed E-state index contributed by atoms with van der Waals surface area (Å²) in [6, 6.07) is 0. The topological polar surface area (TPSA) is 66.4 Å². The Bertz CT molecular complexity index is 284. The fraction of sp³-hybridized carbons (Fsp3) is 1.00. The molecule has 5 heteroatoms. The van der Waals surface area contributed by atoms with E-state index in [0.717, 1.165) is 32.1 Å². The Labute approximate surface area is 105 Å². The highest BCUT2D eigenvalue weighted by molar-refractivity contribution is 7.89. The molecule has 0 aromatic heterocycles. The van der Waals surface area contributed by atoms with E-state index < -0.39 is 10.0 Å². The number of unbranched alkanes of at least 4 members (excludes halogenated alkanes) is 2. The highest BCUT2D eigenvalue weighted by Gasteiger charge is 2.20. The highest BCUT2D eigenvalue weighted by Crippen LogP contribution is 2.24. The monoisotopic (exact) mass is 263 g/mol. The van der Waals surface area contributed by atoms with Crippen molar-refractivity contribution in [1.29, 1.82) is 0 Å². The van der Waals surface area contributed by atoms with Gasteiger partial charge in [0, 0.05) is 13.2 Å². The van der Waals surface area contributed by atoms with Crippen molar-refractivity contribution in [2.75, 3.05) is 18.9 Å². The van der Waals surface area contributed by atoms with Gasteiger partial charge in [0.25, 0.3) is 0 Å². The maximum absolute atomic E-state index is 11.8. The van der Waals surface area contributed by atoms with Gasteiger partial charge in [-0.3, -0.25) is 0 Å². The first-order chi connectivity index (χ1) is 8.14. The van der Waals surface area contributed by atoms with Gasteiger partial charge < -0.3 is 5.11 Å². The van der Waals surface area contributed by atoms with E-state index >= 15 is 0 Å². The van der Waals surface area contributed by atoms with Crippen molar-refractivity contribution < 1.29 is 13.5 Å². The van der Waals surface area contributed by atoms with Crippen LogP contribution in [0.2, 0.25) is 0 Å². The molecule has 102 valence electrons. The quantitative estimate of drug-likeness (QED) is 0.654. The van der Waals surface area contributed by atoms with E-state index in [0.29, 0.717) is 18.2 Å². The predicted molar refractivity (Wildman–Crippen MR) is 69.3 cm³/mol. The molecule has 1 rings (SSSR count). The Kier molecular flexibility index (Phi) is 7.08. The molecule has 4 nitrogen and oxygen atoms in total. The van der Waals surface area contributed by atoms with Crippen molar-refractivity contribution in [3.05, 3.63) is 0 Å². The zero-order valence-corrected chi connectivity index (χ0v) is 11.3. The van der Waals surface area contributed by atoms with Crippen molar-refractivity contribution in [3.63, 3.8) is 0 Å². The Balaban J connectivity index is 2.16. The second-order valence-corrected chi connectivity index (χ2v) is 6.82. The van der Waals surface area contributed by atoms with Gasteiger partial charge in [-0.15, -0.1) is 0 Å². The SMILES string of the molecule is O=S(=O)(CC1CCCCC1)NCCCCCO. The van der Waals surface area contributed by atoms with Crippen molar-refractivity contribution in [1.82, 2.24) is 4.72 Å². The lowest BCUT2D eigenvalue weighted by Crippen LogP contribution is -2.31. The van der Waals surface area contributed by atoms with Crippen molar-refractivity contribution in [2.24, 2.45) is 5.92 Å². The number of sulfonamides is 1. The lowest BCUT2D eigenvalue weighted by atomic mass is 9.91. The third-order valence-electron chi connectivity index (χ3n) is 3.34. The molecule has 0 unspecified atom stereocenters. The molecule has 0 spiro atoms. The molecule has 1 fully saturated rings. The second kappa shape index (κ2) is 8.06. The fourth-order valence-corrected chi connectivity index (χ4v) is 3.89. The van der Waals surface area contributed by atoms with Gasteiger partial charge in [0.2, 0.25) is 10.0 Å². The van der Waals surface area contributed by atoms with Crippen LogP contribution in [0.4, 0.5) is 0 Å². The molecule has 1 aliphatic carbocycles. The zero-order chi connectivity index (χ0) is 12.6. The van der Waals surface area contributed by atoms with Gasteiger partial charge in [0.05, 0.1) is 5.75 Å². The molecule has 0 heterocycles. The lowest BCUT2D eigenvalue weighted by Gasteiger charge is -2.21. The normalized spacial score (nSPS) is 18.4. The van der Waals surface area contributed by atoms with Crippen molar-refractivity contribution in [2.45, 2.75) is 51.4 Å². The summed E-state index contributed by atoms with van der Waals surface area (Å²) in [6.45, 7) is 0.698. The standard InChI is InChI=1S/C12H25NO3S/c14-10-6-2-5-9-13-17(15,16)11-12-7-3-1-4-8-12/h12-14H,1-11H2. The van der Waals surface area contributed by atoms with Crippen LogP contribution in [0.3, 0.4) is 0 Å². The smallest absolute Gasteiger partial charge is 0.211 e. The predicted octanol–water partition coefficient (Wildman–Crippen LogP) is 1.65. The summed E-state index contributed by atoms with van der Waals surface area (Å²) in [4.78, 5) is 0. The molecule has 17 heavy (non-hydrogen) atoms. The van der Waals surface area contributed by atoms with Crippen LogP contribution in [0.5, 0.6) is 0 Å². The minimum Gasteiger partial charge on any atom is -0.396 e. The molecule has 0 bridgehead atoms. The fourth-order valence-electron chi connectivity index (χ4n) is 2.36. The molecule has 0 atom stereocenters. The van der Waals surface area contributed by atoms with Crippen LogP contribution in [-0.4, -0.2) is 32.4 Å². The van der Waals surface area contributed by atoms with Crippen molar-refractivity contribution >= 4 is 10.0 Å². The number of aliphatic hydroxyl groups excluding tert-OH is 1. The van der Waals surface area contributed by atoms with Gasteiger partial charge in [-0.25, -0.2) is 13.1 Å². The molecular weight excluding hydrogens is 238 g/mol. The van der Waals surface area contributed by atoms with Gasteiger partial charge in [0.15, 0.2) is 0 Å². The van der Waals surface area contributed by atoms with Crippen LogP contribution < -0.4 is 4.72 Å². The Hall–Kier alpha value is -0.130. The average Bonchev–Trinajstić information content (AvgIpc) is 2.29. The van der Waals surface area contributed by atoms with E-state index in [4.69, 9.17) is 5.11 Å². The molecule has 0 aromatic carbocycles. The first kappa shape index (κ1) is 14.9. The number of hydrogen-bond acceptors (Lipinski definition) is 3. The minimum absolute atomic E-state index is 0.189. The highest BCUT2D eigenvalue weighted by atomic mass is 32.2. The second-order valence-electron chi connectivity index (χ2n) is 4.96. The number of aliphatic hydroxyl groups is 1. The van der Waals surface area contributed by atoms with E-state index in [1.165, 1.54) is 19.3 Å². The summed E-state index contributed by atoms with van der Waals surface area (Å²) in [5, 5.41) is 8.60. The molecule has 0 aliphatic heterocycles. The average molecular weight is 263 g/mol. The zero-order valence-electron chi connectivity index (χ0n) is 10.5. The van der Waals surface area contributed by atoms with Gasteiger partial charge in [0.1, 0.15) is 0 Å². The summed E-state index contributed by atoms with van der Waals surface area (Å²) < 4.78 is 26.2. The first-order valence-corrected chi connectivity index (χ1v) is 8.37. The Morgan fingerprint density at radius 2 is 1.76 bits per heavy atom. The number of hydrogen-bond donors (Lipinski definition) is 2. The van der Waals surface area contributed by atoms with Crippen LogP contribution in [0.1, 0.15) is 51.4 Å². The van der Waals surface area contributed by atoms with E-state index in [1.54, 1.807) is 0 Å². The molecular formula is C12H25NO3S. The van der Waals surface area contributed by atoms with Gasteiger partial charge >= 0.3 is 0 Å². The molecule has 0 saturated heterocycles. The van der Waals surface area contributed by atoms with Crippen LogP contribution in [0, 0.1) is 5.92 Å². The third kappa shape index (κ3) is 7.01. The van der Waals surface area contributed by atoms with Crippen molar-refractivity contribution in [3.8, 4) is 0 Å². The maximum atomic E-state index is 11.8. The van der Waals surface area contributed by atoms with E-state index in [2.05, 4.69) is 4.72 Å². The summed E-state index contributed by atoms with van der Waals surface area (Å²) in [5.74, 6) is 0.659. The minimum atomic E-state index is -3.08. The van der Waals surface area contributed by atoms with E-state index in [1.807, 2.05) is 0 Å². The molecule has 1 aliphatic rings. The summed E-state index contributed by atoms with van der Waals surface area (Å²) >= 11 is 0. The molecule has 0 amide bonds. The first-order valence-electron chi connectivity index (χ1n) is 6.72. The number of nitrogens with one attached hydrogen (secondary N) is 1. The van der Waals surface area contributed by atoms with Crippen LogP contribution >= 0.6 is 0 Å². The molecule has 1 saturated carbocycles. The molecule has 0 aromatic rings. The lowest BCUT2D eigenvalue weighted by molar-refractivity contribution is 0.283. The van der Waals surface area contributed by atoms with Crippen LogP contribution in [0.25, 0.3) is 0 Å². The van der Waals surface area contributed by atoms with Crippen LogP contribution in [-0.2, 0) is 10.0 Å². The van der Waals surface area contributed by atoms with Gasteiger partial charge in [-0.2, -0.15) is 0 Å². The maximum Gasteiger partial charge on any atom is 0.211 e. The van der Waals surface area contributed by atoms with E-state index in [-0.39, 0.29) is 6.61 Å². The molecule has 0 radical (unpaired) electrons. The molecule has 2 N–H and O–H groups in total. The number of rotatable bonds is 8. The Morgan fingerprint density at radius 1 is 1.06 bits per heavy atom. The summed E-state index contributed by atoms with van der Waals surface area (Å²) in [6.07, 6.45) is 8.17. The Morgan fingerprint density at radius 3 is 2.41 bits per heavy atom. The summed E-state index contributed by atoms with van der Waals surface area (Å²) in [5.41, 5.74) is 0. The van der Waals surface area contributed by atoms with Gasteiger partial charge in [-0.1, -0.05) is 19.3 Å². The van der Waals surface area contributed by atoms with Crippen LogP contribution in [0.15, 0.2) is 0 Å². The summed E-state index contributed by atoms with van der Waals surface area (Å²) in [7, 11) is -3.08.